The van der Waals surface area contributed by atoms with Crippen LogP contribution in [0, 0.1) is 34.5 Å². The van der Waals surface area contributed by atoms with E-state index in [1.807, 2.05) is 0 Å². The maximum Gasteiger partial charge on any atom is 0.141 e. The summed E-state index contributed by atoms with van der Waals surface area (Å²) in [5.74, 6) is 2.38. The number of carbonyl (C=O) groups excluding carboxylic acids is 2. The average Bonchev–Trinajstić information content (AvgIpc) is 3.29. The zero-order valence-electron chi connectivity index (χ0n) is 17.3. The van der Waals surface area contributed by atoms with Crippen molar-refractivity contribution >= 4 is 17.3 Å². The van der Waals surface area contributed by atoms with E-state index in [9.17, 15) is 9.59 Å². The molecule has 0 spiro atoms. The maximum absolute atomic E-state index is 13.3. The molecule has 5 fully saturated rings. The van der Waals surface area contributed by atoms with E-state index in [2.05, 4.69) is 24.3 Å². The molecule has 0 aromatic carbocycles. The molecule has 0 aromatic rings. The third kappa shape index (κ3) is 2.72. The number of carbonyl (C=O) groups is 2. The second kappa shape index (κ2) is 6.65. The first kappa shape index (κ1) is 18.8. The number of oxime groups is 1. The normalized spacial score (nSPS) is 49.6. The first-order valence-electron chi connectivity index (χ1n) is 11.4. The number of nitrogens with zero attached hydrogens (tertiary/aromatic N) is 1. The zero-order valence-corrected chi connectivity index (χ0v) is 17.3. The van der Waals surface area contributed by atoms with E-state index in [0.717, 1.165) is 70.2 Å². The zero-order chi connectivity index (χ0) is 19.5. The van der Waals surface area contributed by atoms with Gasteiger partial charge in [-0.15, -0.1) is 0 Å². The Balaban J connectivity index is 1.35. The van der Waals surface area contributed by atoms with Crippen molar-refractivity contribution in [1.82, 2.24) is 5.32 Å². The minimum absolute atomic E-state index is 0.0703. The highest BCUT2D eigenvalue weighted by atomic mass is 16.6. The van der Waals surface area contributed by atoms with Gasteiger partial charge in [-0.05, 0) is 68.2 Å². The summed E-state index contributed by atoms with van der Waals surface area (Å²) in [7, 11) is 0. The van der Waals surface area contributed by atoms with Gasteiger partial charge >= 0.3 is 0 Å². The van der Waals surface area contributed by atoms with Gasteiger partial charge in [0, 0.05) is 37.1 Å². The fraction of sp³-hybridized carbons (Fsp3) is 0.870. The van der Waals surface area contributed by atoms with Gasteiger partial charge in [0.1, 0.15) is 17.7 Å². The Hall–Kier alpha value is -1.23. The fourth-order valence-electron chi connectivity index (χ4n) is 7.57. The van der Waals surface area contributed by atoms with Gasteiger partial charge in [-0.25, -0.2) is 0 Å². The average molecular weight is 387 g/mol. The van der Waals surface area contributed by atoms with Crippen LogP contribution in [0.3, 0.4) is 0 Å². The van der Waals surface area contributed by atoms with Crippen LogP contribution < -0.4 is 5.32 Å². The van der Waals surface area contributed by atoms with Gasteiger partial charge in [0.05, 0.1) is 5.71 Å². The second-order valence-corrected chi connectivity index (χ2v) is 10.6. The van der Waals surface area contributed by atoms with Crippen molar-refractivity contribution in [1.29, 1.82) is 0 Å². The molecule has 0 aromatic heterocycles. The standard InChI is InChI=1S/C23H34N2O3/c1-22-8-5-14(25-28-15-7-10-24-13-15)11-19(22)20(26)12-16-17-3-4-21(27)23(17,2)9-6-18(16)22/h15-19,24H,3-13H2,1-2H3/b25-14-. The third-order valence-corrected chi connectivity index (χ3v) is 9.35. The van der Waals surface area contributed by atoms with Crippen molar-refractivity contribution in [3.8, 4) is 0 Å². The van der Waals surface area contributed by atoms with Crippen LogP contribution in [0.1, 0.15) is 71.6 Å². The molecule has 5 heteroatoms. The van der Waals surface area contributed by atoms with Crippen LogP contribution in [0.25, 0.3) is 0 Å². The van der Waals surface area contributed by atoms with Gasteiger partial charge in [-0.1, -0.05) is 19.0 Å². The monoisotopic (exact) mass is 386 g/mol. The Labute approximate surface area is 168 Å². The number of Topliss-reactive ketones (excluding diaryl/α,β-unsaturated/α-hetero) is 2. The molecule has 1 aliphatic heterocycles. The number of fused-ring (bicyclic) bond motifs is 5. The highest BCUT2D eigenvalue weighted by Crippen LogP contribution is 2.64. The van der Waals surface area contributed by atoms with Crippen LogP contribution in [0.2, 0.25) is 0 Å². The topological polar surface area (TPSA) is 67.8 Å². The predicted molar refractivity (Wildman–Crippen MR) is 107 cm³/mol. The maximum atomic E-state index is 13.3. The molecule has 1 heterocycles. The summed E-state index contributed by atoms with van der Waals surface area (Å²) < 4.78 is 0. The molecule has 154 valence electrons. The summed E-state index contributed by atoms with van der Waals surface area (Å²) in [6.45, 7) is 6.42. The Bertz CT molecular complexity index is 713. The molecule has 5 rings (SSSR count). The van der Waals surface area contributed by atoms with Crippen molar-refractivity contribution < 1.29 is 14.4 Å². The molecule has 5 nitrogen and oxygen atoms in total. The number of ketones is 2. The summed E-state index contributed by atoms with van der Waals surface area (Å²) >= 11 is 0. The first-order valence-corrected chi connectivity index (χ1v) is 11.4. The van der Waals surface area contributed by atoms with Crippen LogP contribution in [-0.2, 0) is 14.4 Å². The first-order chi connectivity index (χ1) is 13.4. The van der Waals surface area contributed by atoms with E-state index < -0.39 is 0 Å². The summed E-state index contributed by atoms with van der Waals surface area (Å²) in [6, 6.07) is 0. The number of hydrogen-bond acceptors (Lipinski definition) is 5. The van der Waals surface area contributed by atoms with E-state index in [-0.39, 0.29) is 22.9 Å². The Kier molecular flexibility index (Phi) is 4.46. The fourth-order valence-corrected chi connectivity index (χ4v) is 7.57. The highest BCUT2D eigenvalue weighted by molar-refractivity contribution is 5.93. The second-order valence-electron chi connectivity index (χ2n) is 10.6. The van der Waals surface area contributed by atoms with Gasteiger partial charge in [0.25, 0.3) is 0 Å². The molecule has 4 saturated carbocycles. The molecule has 4 aliphatic carbocycles. The molecule has 1 saturated heterocycles. The van der Waals surface area contributed by atoms with Crippen molar-refractivity contribution in [2.24, 2.45) is 39.7 Å². The third-order valence-electron chi connectivity index (χ3n) is 9.35. The quantitative estimate of drug-likeness (QED) is 0.738. The Morgan fingerprint density at radius 1 is 1.04 bits per heavy atom. The molecule has 0 bridgehead atoms. The van der Waals surface area contributed by atoms with Crippen LogP contribution >= 0.6 is 0 Å². The summed E-state index contributed by atoms with van der Waals surface area (Å²) in [5, 5.41) is 7.78. The summed E-state index contributed by atoms with van der Waals surface area (Å²) in [4.78, 5) is 31.6. The Morgan fingerprint density at radius 3 is 2.68 bits per heavy atom. The smallest absolute Gasteiger partial charge is 0.141 e. The lowest BCUT2D eigenvalue weighted by Gasteiger charge is -2.58. The van der Waals surface area contributed by atoms with Crippen molar-refractivity contribution in [3.63, 3.8) is 0 Å². The van der Waals surface area contributed by atoms with Gasteiger partial charge in [-0.3, -0.25) is 9.59 Å². The van der Waals surface area contributed by atoms with Gasteiger partial charge in [-0.2, -0.15) is 0 Å². The van der Waals surface area contributed by atoms with Crippen molar-refractivity contribution in [2.75, 3.05) is 13.1 Å². The molecule has 0 radical (unpaired) electrons. The number of nitrogens with one attached hydrogen (secondary N) is 1. The van der Waals surface area contributed by atoms with Crippen molar-refractivity contribution in [2.45, 2.75) is 77.7 Å². The van der Waals surface area contributed by atoms with Gasteiger partial charge in [0.2, 0.25) is 0 Å². The van der Waals surface area contributed by atoms with E-state index in [0.29, 0.717) is 35.7 Å². The molecular formula is C23H34N2O3. The predicted octanol–water partition coefficient (Wildman–Crippen LogP) is 3.51. The summed E-state index contributed by atoms with van der Waals surface area (Å²) in [6.07, 6.45) is 8.50. The van der Waals surface area contributed by atoms with Gasteiger partial charge < -0.3 is 10.2 Å². The molecule has 1 N–H and O–H groups in total. The lowest BCUT2D eigenvalue weighted by molar-refractivity contribution is -0.152. The SMILES string of the molecule is CC12CCC3C(CC(=O)C4C/C(=N\OC5CCNC5)CCC43C)C1CCC2=O. The van der Waals surface area contributed by atoms with Crippen molar-refractivity contribution in [3.05, 3.63) is 0 Å². The molecular weight excluding hydrogens is 352 g/mol. The Morgan fingerprint density at radius 2 is 1.89 bits per heavy atom. The largest absolute Gasteiger partial charge is 0.391 e. The number of rotatable bonds is 2. The summed E-state index contributed by atoms with van der Waals surface area (Å²) in [5.41, 5.74) is 0.994. The van der Waals surface area contributed by atoms with Crippen LogP contribution in [0.4, 0.5) is 0 Å². The minimum Gasteiger partial charge on any atom is -0.391 e. The molecule has 7 atom stereocenters. The van der Waals surface area contributed by atoms with E-state index >= 15 is 0 Å². The van der Waals surface area contributed by atoms with Crippen LogP contribution in [0.5, 0.6) is 0 Å². The molecule has 28 heavy (non-hydrogen) atoms. The van der Waals surface area contributed by atoms with E-state index in [4.69, 9.17) is 4.84 Å². The lowest BCUT2D eigenvalue weighted by Crippen LogP contribution is -2.56. The minimum atomic E-state index is -0.158. The van der Waals surface area contributed by atoms with E-state index in [1.165, 1.54) is 0 Å². The van der Waals surface area contributed by atoms with Crippen LogP contribution in [0.15, 0.2) is 5.16 Å². The van der Waals surface area contributed by atoms with E-state index in [1.54, 1.807) is 0 Å². The molecule has 5 aliphatic rings. The van der Waals surface area contributed by atoms with Crippen LogP contribution in [-0.4, -0.2) is 36.5 Å². The number of hydrogen-bond donors (Lipinski definition) is 1. The lowest BCUT2D eigenvalue weighted by atomic mass is 9.45. The molecule has 7 unspecified atom stereocenters. The van der Waals surface area contributed by atoms with Gasteiger partial charge in [0.15, 0.2) is 0 Å². The highest BCUT2D eigenvalue weighted by Gasteiger charge is 2.62. The molecule has 0 amide bonds.